The van der Waals surface area contributed by atoms with Gasteiger partial charge in [-0.25, -0.2) is 0 Å². The fourth-order valence-corrected chi connectivity index (χ4v) is 3.11. The SMILES string of the molecule is O=C([C@H]1Cc2ccccc2N1)N1CCC[C@H](C(F)(F)F)C1. The van der Waals surface area contributed by atoms with Crippen LogP contribution >= 0.6 is 0 Å². The number of para-hydroxylation sites is 1. The lowest BCUT2D eigenvalue weighted by molar-refractivity contribution is -0.188. The largest absolute Gasteiger partial charge is 0.393 e. The highest BCUT2D eigenvalue weighted by Gasteiger charge is 2.43. The molecule has 1 aromatic rings. The molecule has 21 heavy (non-hydrogen) atoms. The van der Waals surface area contributed by atoms with E-state index in [-0.39, 0.29) is 18.9 Å². The first-order chi connectivity index (χ1) is 9.95. The number of amides is 1. The molecule has 0 saturated carbocycles. The molecular weight excluding hydrogens is 281 g/mol. The normalized spacial score (nSPS) is 25.4. The molecule has 0 spiro atoms. The van der Waals surface area contributed by atoms with Gasteiger partial charge in [0.15, 0.2) is 0 Å². The van der Waals surface area contributed by atoms with Crippen molar-refractivity contribution in [1.29, 1.82) is 0 Å². The number of benzene rings is 1. The Hall–Kier alpha value is -1.72. The van der Waals surface area contributed by atoms with Gasteiger partial charge in [0.05, 0.1) is 5.92 Å². The van der Waals surface area contributed by atoms with E-state index in [1.165, 1.54) is 4.90 Å². The third-order valence-electron chi connectivity index (χ3n) is 4.27. The molecule has 2 heterocycles. The molecule has 2 aliphatic rings. The van der Waals surface area contributed by atoms with Crippen molar-refractivity contribution in [3.63, 3.8) is 0 Å². The van der Waals surface area contributed by atoms with Crippen molar-refractivity contribution >= 4 is 11.6 Å². The molecule has 2 aliphatic heterocycles. The van der Waals surface area contributed by atoms with Crippen LogP contribution in [0.1, 0.15) is 18.4 Å². The summed E-state index contributed by atoms with van der Waals surface area (Å²) < 4.78 is 38.5. The number of carbonyl (C=O) groups excluding carboxylic acids is 1. The lowest BCUT2D eigenvalue weighted by Gasteiger charge is -2.35. The van der Waals surface area contributed by atoms with Crippen LogP contribution in [-0.4, -0.2) is 36.1 Å². The van der Waals surface area contributed by atoms with Crippen molar-refractivity contribution in [2.45, 2.75) is 31.5 Å². The first kappa shape index (κ1) is 14.2. The standard InChI is InChI=1S/C15H17F3N2O/c16-15(17,18)11-5-3-7-20(9-11)14(21)13-8-10-4-1-2-6-12(10)19-13/h1-2,4,6,11,13,19H,3,5,7-9H2/t11-,13+/m0/s1. The van der Waals surface area contributed by atoms with Crippen molar-refractivity contribution in [2.24, 2.45) is 5.92 Å². The van der Waals surface area contributed by atoms with Crippen LogP contribution in [0.4, 0.5) is 18.9 Å². The van der Waals surface area contributed by atoms with Crippen LogP contribution < -0.4 is 5.32 Å². The van der Waals surface area contributed by atoms with Crippen LogP contribution in [0.3, 0.4) is 0 Å². The molecule has 1 fully saturated rings. The van der Waals surface area contributed by atoms with E-state index in [1.807, 2.05) is 24.3 Å². The molecule has 1 N–H and O–H groups in total. The Labute approximate surface area is 121 Å². The highest BCUT2D eigenvalue weighted by molar-refractivity contribution is 5.87. The molecule has 3 rings (SSSR count). The van der Waals surface area contributed by atoms with E-state index in [1.54, 1.807) is 0 Å². The minimum atomic E-state index is -4.22. The Balaban J connectivity index is 1.67. The van der Waals surface area contributed by atoms with Crippen LogP contribution in [0.5, 0.6) is 0 Å². The smallest absolute Gasteiger partial charge is 0.373 e. The predicted molar refractivity (Wildman–Crippen MR) is 72.9 cm³/mol. The Morgan fingerprint density at radius 3 is 2.76 bits per heavy atom. The van der Waals surface area contributed by atoms with Crippen molar-refractivity contribution in [3.05, 3.63) is 29.8 Å². The number of piperidine rings is 1. The van der Waals surface area contributed by atoms with Crippen molar-refractivity contribution in [3.8, 4) is 0 Å². The summed E-state index contributed by atoms with van der Waals surface area (Å²) in [6.45, 7) is 0.205. The number of fused-ring (bicyclic) bond motifs is 1. The van der Waals surface area contributed by atoms with Gasteiger partial charge in [0.25, 0.3) is 0 Å². The molecule has 0 radical (unpaired) electrons. The molecule has 0 aliphatic carbocycles. The van der Waals surface area contributed by atoms with Gasteiger partial charge in [0, 0.05) is 25.2 Å². The maximum atomic E-state index is 12.8. The zero-order chi connectivity index (χ0) is 15.0. The van der Waals surface area contributed by atoms with E-state index in [0.29, 0.717) is 19.4 Å². The molecule has 2 atom stereocenters. The van der Waals surface area contributed by atoms with Crippen LogP contribution in [-0.2, 0) is 11.2 Å². The second kappa shape index (κ2) is 5.24. The average Bonchev–Trinajstić information content (AvgIpc) is 2.89. The molecule has 114 valence electrons. The van der Waals surface area contributed by atoms with Crippen LogP contribution in [0.2, 0.25) is 0 Å². The zero-order valence-electron chi connectivity index (χ0n) is 11.5. The third kappa shape index (κ3) is 2.84. The summed E-state index contributed by atoms with van der Waals surface area (Å²) in [5, 5.41) is 3.11. The van der Waals surface area contributed by atoms with Gasteiger partial charge in [-0.1, -0.05) is 18.2 Å². The monoisotopic (exact) mass is 298 g/mol. The van der Waals surface area contributed by atoms with Gasteiger partial charge in [0.2, 0.25) is 5.91 Å². The zero-order valence-corrected chi connectivity index (χ0v) is 11.5. The van der Waals surface area contributed by atoms with E-state index in [9.17, 15) is 18.0 Å². The molecule has 6 heteroatoms. The van der Waals surface area contributed by atoms with Crippen LogP contribution in [0, 0.1) is 5.92 Å². The van der Waals surface area contributed by atoms with Gasteiger partial charge in [0.1, 0.15) is 6.04 Å². The number of hydrogen-bond acceptors (Lipinski definition) is 2. The Bertz CT molecular complexity index is 519. The summed E-state index contributed by atoms with van der Waals surface area (Å²) in [7, 11) is 0. The Kier molecular flexibility index (Phi) is 3.55. The molecule has 1 aromatic carbocycles. The van der Waals surface area contributed by atoms with Gasteiger partial charge in [-0.3, -0.25) is 4.79 Å². The van der Waals surface area contributed by atoms with E-state index in [4.69, 9.17) is 0 Å². The van der Waals surface area contributed by atoms with E-state index >= 15 is 0 Å². The Morgan fingerprint density at radius 2 is 2.05 bits per heavy atom. The third-order valence-corrected chi connectivity index (χ3v) is 4.27. The summed E-state index contributed by atoms with van der Waals surface area (Å²) >= 11 is 0. The average molecular weight is 298 g/mol. The second-order valence-electron chi connectivity index (χ2n) is 5.72. The Morgan fingerprint density at radius 1 is 1.29 bits per heavy atom. The first-order valence-corrected chi connectivity index (χ1v) is 7.15. The summed E-state index contributed by atoms with van der Waals surface area (Å²) in [5.74, 6) is -1.61. The topological polar surface area (TPSA) is 32.3 Å². The van der Waals surface area contributed by atoms with Gasteiger partial charge < -0.3 is 10.2 Å². The van der Waals surface area contributed by atoms with Gasteiger partial charge >= 0.3 is 6.18 Å². The van der Waals surface area contributed by atoms with Crippen LogP contribution in [0.15, 0.2) is 24.3 Å². The van der Waals surface area contributed by atoms with Gasteiger partial charge in [-0.05, 0) is 24.5 Å². The molecule has 3 nitrogen and oxygen atoms in total. The number of nitrogens with zero attached hydrogens (tertiary/aromatic N) is 1. The molecule has 1 saturated heterocycles. The fraction of sp³-hybridized carbons (Fsp3) is 0.533. The maximum absolute atomic E-state index is 12.8. The highest BCUT2D eigenvalue weighted by atomic mass is 19.4. The van der Waals surface area contributed by atoms with Crippen molar-refractivity contribution < 1.29 is 18.0 Å². The summed E-state index contributed by atoms with van der Waals surface area (Å²) in [6, 6.07) is 7.16. The lowest BCUT2D eigenvalue weighted by Crippen LogP contribution is -2.49. The molecule has 1 amide bonds. The van der Waals surface area contributed by atoms with Gasteiger partial charge in [-0.2, -0.15) is 13.2 Å². The minimum Gasteiger partial charge on any atom is -0.373 e. The quantitative estimate of drug-likeness (QED) is 0.864. The summed E-state index contributed by atoms with van der Waals surface area (Å²) in [4.78, 5) is 13.8. The first-order valence-electron chi connectivity index (χ1n) is 7.15. The summed E-state index contributed by atoms with van der Waals surface area (Å²) in [5.41, 5.74) is 1.94. The number of halogens is 3. The number of carbonyl (C=O) groups is 1. The highest BCUT2D eigenvalue weighted by Crippen LogP contribution is 2.34. The summed E-state index contributed by atoms with van der Waals surface area (Å²) in [6.07, 6.45) is -3.14. The van der Waals surface area contributed by atoms with E-state index in [2.05, 4.69) is 5.32 Å². The van der Waals surface area contributed by atoms with E-state index < -0.39 is 18.1 Å². The molecule has 0 aromatic heterocycles. The predicted octanol–water partition coefficient (Wildman–Crippen LogP) is 2.82. The second-order valence-corrected chi connectivity index (χ2v) is 5.72. The fourth-order valence-electron chi connectivity index (χ4n) is 3.11. The van der Waals surface area contributed by atoms with Crippen molar-refractivity contribution in [1.82, 2.24) is 4.90 Å². The number of rotatable bonds is 1. The van der Waals surface area contributed by atoms with Crippen molar-refractivity contribution in [2.75, 3.05) is 18.4 Å². The number of alkyl halides is 3. The molecule has 0 bridgehead atoms. The molecular formula is C15H17F3N2O. The van der Waals surface area contributed by atoms with Crippen LogP contribution in [0.25, 0.3) is 0 Å². The number of nitrogens with one attached hydrogen (secondary N) is 1. The molecule has 0 unspecified atom stereocenters. The lowest BCUT2D eigenvalue weighted by atomic mass is 9.96. The van der Waals surface area contributed by atoms with Gasteiger partial charge in [-0.15, -0.1) is 0 Å². The van der Waals surface area contributed by atoms with E-state index in [0.717, 1.165) is 11.3 Å². The number of hydrogen-bond donors (Lipinski definition) is 1. The minimum absolute atomic E-state index is 0.117. The maximum Gasteiger partial charge on any atom is 0.393 e. The number of anilines is 1. The number of likely N-dealkylation sites (tertiary alicyclic amines) is 1.